The zero-order chi connectivity index (χ0) is 5.28. The van der Waals surface area contributed by atoms with Gasteiger partial charge in [0.25, 0.3) is 0 Å². The van der Waals surface area contributed by atoms with Crippen molar-refractivity contribution >= 4 is 15.9 Å². The molecule has 0 saturated heterocycles. The maximum atomic E-state index is 3.22. The van der Waals surface area contributed by atoms with Crippen molar-refractivity contribution in [3.05, 3.63) is 10.8 Å². The van der Waals surface area contributed by atoms with Gasteiger partial charge in [-0.2, -0.15) is 0 Å². The van der Waals surface area contributed by atoms with Gasteiger partial charge < -0.3 is 0 Å². The van der Waals surface area contributed by atoms with Gasteiger partial charge in [-0.25, -0.2) is 0 Å². The number of nitrogens with zero attached hydrogens (tertiary/aromatic N) is 1. The highest BCUT2D eigenvalue weighted by Gasteiger charge is 1.99. The molecule has 2 N–H and O–H groups in total. The van der Waals surface area contributed by atoms with Gasteiger partial charge in [0, 0.05) is 13.2 Å². The molecule has 0 aromatic rings. The third-order valence-corrected chi connectivity index (χ3v) is 1.06. The Morgan fingerprint density at radius 3 is 2.71 bits per heavy atom. The molecule has 0 atom stereocenters. The Bertz CT molecular complexity index is 100. The number of hydrogen-bond acceptors (Lipinski definition) is 3. The molecule has 1 aliphatic heterocycles. The molecule has 1 heterocycles. The standard InChI is InChI=1S/C3H6BrN3/c1-7-2-3(4)5-6-7/h2,5-6H,1H3. The molecule has 0 aliphatic carbocycles. The summed E-state index contributed by atoms with van der Waals surface area (Å²) < 4.78 is 0.954. The van der Waals surface area contributed by atoms with E-state index in [2.05, 4.69) is 26.9 Å². The molecule has 0 saturated carbocycles. The van der Waals surface area contributed by atoms with Crippen molar-refractivity contribution in [2.24, 2.45) is 0 Å². The molecule has 4 heteroatoms. The van der Waals surface area contributed by atoms with Crippen molar-refractivity contribution in [1.82, 2.24) is 16.0 Å². The van der Waals surface area contributed by atoms with Crippen LogP contribution in [0.3, 0.4) is 0 Å². The molecular formula is C3H6BrN3. The molecule has 0 fully saturated rings. The summed E-state index contributed by atoms with van der Waals surface area (Å²) in [7, 11) is 1.90. The van der Waals surface area contributed by atoms with Crippen LogP contribution in [0, 0.1) is 0 Å². The average Bonchev–Trinajstić information content (AvgIpc) is 1.87. The summed E-state index contributed by atoms with van der Waals surface area (Å²) >= 11 is 3.22. The van der Waals surface area contributed by atoms with Gasteiger partial charge in [-0.3, -0.25) is 10.4 Å². The molecule has 7 heavy (non-hydrogen) atoms. The largest absolute Gasteiger partial charge is 0.299 e. The number of halogens is 1. The van der Waals surface area contributed by atoms with Crippen LogP contribution in [0.5, 0.6) is 0 Å². The van der Waals surface area contributed by atoms with Crippen molar-refractivity contribution in [3.8, 4) is 0 Å². The molecule has 1 aliphatic rings. The van der Waals surface area contributed by atoms with Crippen LogP contribution in [-0.4, -0.2) is 12.1 Å². The second-order valence-corrected chi connectivity index (χ2v) is 2.18. The number of hydrazine groups is 2. The Labute approximate surface area is 50.4 Å². The molecule has 0 radical (unpaired) electrons. The minimum Gasteiger partial charge on any atom is -0.299 e. The summed E-state index contributed by atoms with van der Waals surface area (Å²) in [5.74, 6) is 0. The fraction of sp³-hybridized carbons (Fsp3) is 0.333. The average molecular weight is 164 g/mol. The number of rotatable bonds is 0. The van der Waals surface area contributed by atoms with E-state index in [9.17, 15) is 0 Å². The van der Waals surface area contributed by atoms with Gasteiger partial charge >= 0.3 is 0 Å². The number of hydrogen-bond donors (Lipinski definition) is 2. The second kappa shape index (κ2) is 1.71. The zero-order valence-electron chi connectivity index (χ0n) is 3.90. The van der Waals surface area contributed by atoms with Crippen LogP contribution in [-0.2, 0) is 0 Å². The molecule has 0 amide bonds. The van der Waals surface area contributed by atoms with Gasteiger partial charge in [0.1, 0.15) is 4.61 Å². The highest BCUT2D eigenvalue weighted by atomic mass is 79.9. The molecule has 0 unspecified atom stereocenters. The predicted octanol–water partition coefficient (Wildman–Crippen LogP) is 0.135. The van der Waals surface area contributed by atoms with E-state index in [1.54, 1.807) is 0 Å². The van der Waals surface area contributed by atoms with E-state index < -0.39 is 0 Å². The fourth-order valence-corrected chi connectivity index (χ4v) is 0.772. The SMILES string of the molecule is CN1C=C(Br)NN1. The highest BCUT2D eigenvalue weighted by Crippen LogP contribution is 2.02. The molecule has 1 rings (SSSR count). The molecule has 40 valence electrons. The lowest BCUT2D eigenvalue weighted by molar-refractivity contribution is 0.329. The van der Waals surface area contributed by atoms with E-state index in [0.29, 0.717) is 0 Å². The molecule has 3 nitrogen and oxygen atoms in total. The van der Waals surface area contributed by atoms with Crippen LogP contribution in [0.2, 0.25) is 0 Å². The van der Waals surface area contributed by atoms with Gasteiger partial charge in [0.05, 0.1) is 0 Å². The van der Waals surface area contributed by atoms with Crippen molar-refractivity contribution in [2.45, 2.75) is 0 Å². The Kier molecular flexibility index (Phi) is 1.21. The van der Waals surface area contributed by atoms with E-state index in [0.717, 1.165) is 4.61 Å². The van der Waals surface area contributed by atoms with Crippen LogP contribution < -0.4 is 11.0 Å². The Morgan fingerprint density at radius 1 is 1.86 bits per heavy atom. The van der Waals surface area contributed by atoms with Gasteiger partial charge in [0.15, 0.2) is 0 Å². The second-order valence-electron chi connectivity index (χ2n) is 1.32. The number of nitrogens with one attached hydrogen (secondary N) is 2. The molecule has 0 aromatic carbocycles. The monoisotopic (exact) mass is 163 g/mol. The Hall–Kier alpha value is -0.220. The molecule has 0 aromatic heterocycles. The van der Waals surface area contributed by atoms with Gasteiger partial charge in [-0.15, -0.1) is 5.53 Å². The van der Waals surface area contributed by atoms with Gasteiger partial charge in [-0.05, 0) is 15.9 Å². The van der Waals surface area contributed by atoms with Crippen molar-refractivity contribution in [1.29, 1.82) is 0 Å². The summed E-state index contributed by atoms with van der Waals surface area (Å²) in [5, 5.41) is 1.81. The van der Waals surface area contributed by atoms with Crippen LogP contribution in [0.25, 0.3) is 0 Å². The first kappa shape index (κ1) is 4.93. The maximum Gasteiger partial charge on any atom is 0.111 e. The maximum absolute atomic E-state index is 3.22. The molecular weight excluding hydrogens is 158 g/mol. The third-order valence-electron chi connectivity index (χ3n) is 0.659. The Balaban J connectivity index is 2.50. The van der Waals surface area contributed by atoms with E-state index in [1.165, 1.54) is 0 Å². The van der Waals surface area contributed by atoms with Gasteiger partial charge in [0.2, 0.25) is 0 Å². The fourth-order valence-electron chi connectivity index (χ4n) is 0.376. The zero-order valence-corrected chi connectivity index (χ0v) is 5.49. The minimum absolute atomic E-state index is 0.954. The lowest BCUT2D eigenvalue weighted by atomic mass is 10.9. The van der Waals surface area contributed by atoms with Crippen molar-refractivity contribution in [3.63, 3.8) is 0 Å². The van der Waals surface area contributed by atoms with Crippen LogP contribution in [0.15, 0.2) is 10.8 Å². The summed E-state index contributed by atoms with van der Waals surface area (Å²) in [6, 6.07) is 0. The third kappa shape index (κ3) is 1.07. The summed E-state index contributed by atoms with van der Waals surface area (Å²) in [5.41, 5.74) is 5.64. The highest BCUT2D eigenvalue weighted by molar-refractivity contribution is 9.11. The van der Waals surface area contributed by atoms with Crippen molar-refractivity contribution < 1.29 is 0 Å². The van der Waals surface area contributed by atoms with Gasteiger partial charge in [-0.1, -0.05) is 0 Å². The molecule has 0 spiro atoms. The van der Waals surface area contributed by atoms with E-state index in [-0.39, 0.29) is 0 Å². The summed E-state index contributed by atoms with van der Waals surface area (Å²) in [6.45, 7) is 0. The normalized spacial score (nSPS) is 19.1. The smallest absolute Gasteiger partial charge is 0.111 e. The quantitative estimate of drug-likeness (QED) is 0.498. The topological polar surface area (TPSA) is 27.3 Å². The van der Waals surface area contributed by atoms with Crippen LogP contribution in [0.1, 0.15) is 0 Å². The lowest BCUT2D eigenvalue weighted by Crippen LogP contribution is -2.32. The minimum atomic E-state index is 0.954. The van der Waals surface area contributed by atoms with Crippen LogP contribution in [0.4, 0.5) is 0 Å². The predicted molar refractivity (Wildman–Crippen MR) is 31.0 cm³/mol. The van der Waals surface area contributed by atoms with E-state index in [4.69, 9.17) is 0 Å². The first-order chi connectivity index (χ1) is 3.29. The summed E-state index contributed by atoms with van der Waals surface area (Å²) in [4.78, 5) is 0. The van der Waals surface area contributed by atoms with Crippen LogP contribution >= 0.6 is 15.9 Å². The first-order valence-electron chi connectivity index (χ1n) is 1.91. The first-order valence-corrected chi connectivity index (χ1v) is 2.70. The van der Waals surface area contributed by atoms with Crippen molar-refractivity contribution in [2.75, 3.05) is 7.05 Å². The van der Waals surface area contributed by atoms with E-state index >= 15 is 0 Å². The van der Waals surface area contributed by atoms with E-state index in [1.807, 2.05) is 18.3 Å². The molecule has 0 bridgehead atoms. The summed E-state index contributed by atoms with van der Waals surface area (Å²) in [6.07, 6.45) is 1.89. The Morgan fingerprint density at radius 2 is 2.57 bits per heavy atom. The lowest BCUT2D eigenvalue weighted by Gasteiger charge is -2.04.